The molecule has 1 aromatic carbocycles. The number of primary amides is 1. The van der Waals surface area contributed by atoms with Gasteiger partial charge in [-0.15, -0.1) is 13.2 Å². The molecule has 2 unspecified atom stereocenters. The van der Waals surface area contributed by atoms with Gasteiger partial charge in [0.25, 0.3) is 5.91 Å². The second-order valence-corrected chi connectivity index (χ2v) is 7.04. The SMILES string of the molecule is C=C.CCCCOC(=O)CC(C)NC(=O)C1=CCC(C#Cc2ccc(N)cc2)C=C1.NC=O. The highest BCUT2D eigenvalue weighted by molar-refractivity contribution is 5.96. The average Bonchev–Trinajstić information content (AvgIpc) is 2.81. The number of esters is 1. The Morgan fingerprint density at radius 2 is 1.94 bits per heavy atom. The van der Waals surface area contributed by atoms with Gasteiger partial charge in [0.2, 0.25) is 6.41 Å². The van der Waals surface area contributed by atoms with E-state index in [2.05, 4.69) is 36.0 Å². The third kappa shape index (κ3) is 13.3. The van der Waals surface area contributed by atoms with Crippen LogP contribution in [0.4, 0.5) is 5.69 Å². The number of unbranched alkanes of at least 4 members (excludes halogenated alkanes) is 1. The van der Waals surface area contributed by atoms with Crippen LogP contribution in [-0.2, 0) is 19.1 Å². The zero-order chi connectivity index (χ0) is 25.1. The Bertz CT molecular complexity index is 864. The Balaban J connectivity index is 0.00000189. The van der Waals surface area contributed by atoms with Gasteiger partial charge in [-0.3, -0.25) is 14.4 Å². The van der Waals surface area contributed by atoms with Crippen molar-refractivity contribution >= 4 is 24.0 Å². The summed E-state index contributed by atoms with van der Waals surface area (Å²) in [6.07, 6.45) is 8.52. The average molecular weight is 454 g/mol. The molecule has 1 aromatic rings. The van der Waals surface area contributed by atoms with Crippen molar-refractivity contribution in [3.63, 3.8) is 0 Å². The maximum atomic E-state index is 12.3. The summed E-state index contributed by atoms with van der Waals surface area (Å²) in [4.78, 5) is 32.6. The van der Waals surface area contributed by atoms with Gasteiger partial charge in [0.05, 0.1) is 13.0 Å². The normalized spacial score (nSPS) is 14.4. The van der Waals surface area contributed by atoms with Crippen LogP contribution in [0.2, 0.25) is 0 Å². The maximum absolute atomic E-state index is 12.3. The first-order chi connectivity index (χ1) is 15.9. The predicted octanol–water partition coefficient (Wildman–Crippen LogP) is 3.26. The first-order valence-corrected chi connectivity index (χ1v) is 10.8. The lowest BCUT2D eigenvalue weighted by molar-refractivity contribution is -0.144. The lowest BCUT2D eigenvalue weighted by atomic mass is 9.96. The van der Waals surface area contributed by atoms with E-state index in [0.29, 0.717) is 24.3 Å². The standard InChI is InChI=1S/C23H28N2O3.C2H4.CH3NO/c1-3-4-15-28-22(26)16-17(2)25-23(27)20-11-7-18(8-12-20)5-6-19-9-13-21(24)14-10-19;1-2;2-1-3/h7,9-14,17-18H,3-4,8,15-16,24H2,1-2H3,(H,25,27);1-2H2;1H,(H2,2,3). The fourth-order valence-electron chi connectivity index (χ4n) is 2.64. The number of nitrogens with one attached hydrogen (secondary N) is 1. The van der Waals surface area contributed by atoms with Crippen LogP contribution in [-0.4, -0.2) is 30.9 Å². The van der Waals surface area contributed by atoms with Gasteiger partial charge in [0, 0.05) is 28.8 Å². The number of benzene rings is 1. The minimum Gasteiger partial charge on any atom is -0.466 e. The van der Waals surface area contributed by atoms with Crippen LogP contribution in [0, 0.1) is 17.8 Å². The van der Waals surface area contributed by atoms with Gasteiger partial charge in [0.15, 0.2) is 0 Å². The summed E-state index contributed by atoms with van der Waals surface area (Å²) in [5.41, 5.74) is 12.1. The van der Waals surface area contributed by atoms with E-state index in [1.54, 1.807) is 13.0 Å². The molecule has 0 saturated carbocycles. The third-order valence-electron chi connectivity index (χ3n) is 4.29. The molecule has 0 spiro atoms. The minimum absolute atomic E-state index is 0.0695. The number of hydrogen-bond donors (Lipinski definition) is 3. The van der Waals surface area contributed by atoms with Crippen LogP contribution in [0.25, 0.3) is 0 Å². The molecule has 0 aromatic heterocycles. The highest BCUT2D eigenvalue weighted by atomic mass is 16.5. The van der Waals surface area contributed by atoms with E-state index in [-0.39, 0.29) is 36.7 Å². The van der Waals surface area contributed by atoms with Crippen molar-refractivity contribution in [2.75, 3.05) is 12.3 Å². The van der Waals surface area contributed by atoms with E-state index in [9.17, 15) is 9.59 Å². The molecular formula is C26H35N3O4. The Morgan fingerprint density at radius 3 is 2.48 bits per heavy atom. The molecule has 7 heteroatoms. The smallest absolute Gasteiger partial charge is 0.307 e. The fraction of sp³-hybridized carbons (Fsp3) is 0.346. The molecule has 2 rings (SSSR count). The van der Waals surface area contributed by atoms with E-state index in [4.69, 9.17) is 15.3 Å². The van der Waals surface area contributed by atoms with Crippen molar-refractivity contribution in [2.45, 2.75) is 45.6 Å². The molecule has 2 amide bonds. The first-order valence-electron chi connectivity index (χ1n) is 10.8. The number of nitrogen functional groups attached to an aromatic ring is 1. The molecule has 7 nitrogen and oxygen atoms in total. The quantitative estimate of drug-likeness (QED) is 0.146. The van der Waals surface area contributed by atoms with Crippen LogP contribution < -0.4 is 16.8 Å². The van der Waals surface area contributed by atoms with Gasteiger partial charge in [-0.1, -0.05) is 43.4 Å². The summed E-state index contributed by atoms with van der Waals surface area (Å²) in [6, 6.07) is 7.14. The van der Waals surface area contributed by atoms with Gasteiger partial charge >= 0.3 is 5.97 Å². The lowest BCUT2D eigenvalue weighted by Crippen LogP contribution is -2.35. The number of carbonyl (C=O) groups excluding carboxylic acids is 3. The molecule has 1 aliphatic carbocycles. The summed E-state index contributed by atoms with van der Waals surface area (Å²) in [6.45, 7) is 10.3. The zero-order valence-corrected chi connectivity index (χ0v) is 19.5. The molecule has 33 heavy (non-hydrogen) atoms. The van der Waals surface area contributed by atoms with Crippen LogP contribution in [0.5, 0.6) is 0 Å². The number of anilines is 1. The Kier molecular flexibility index (Phi) is 15.8. The van der Waals surface area contributed by atoms with E-state index < -0.39 is 0 Å². The van der Waals surface area contributed by atoms with E-state index in [1.807, 2.05) is 43.3 Å². The number of carbonyl (C=O) groups is 3. The van der Waals surface area contributed by atoms with Crippen molar-refractivity contribution in [2.24, 2.45) is 11.7 Å². The van der Waals surface area contributed by atoms with E-state index in [0.717, 1.165) is 18.4 Å². The monoisotopic (exact) mass is 453 g/mol. The van der Waals surface area contributed by atoms with Crippen molar-refractivity contribution in [1.82, 2.24) is 5.32 Å². The predicted molar refractivity (Wildman–Crippen MR) is 133 cm³/mol. The lowest BCUT2D eigenvalue weighted by Gasteiger charge is -2.16. The summed E-state index contributed by atoms with van der Waals surface area (Å²) in [5, 5.41) is 2.84. The van der Waals surface area contributed by atoms with Crippen molar-refractivity contribution in [3.05, 3.63) is 66.8 Å². The molecule has 0 aliphatic heterocycles. The molecule has 0 fully saturated rings. The second-order valence-electron chi connectivity index (χ2n) is 7.04. The molecule has 178 valence electrons. The van der Waals surface area contributed by atoms with E-state index in [1.165, 1.54) is 0 Å². The molecular weight excluding hydrogens is 418 g/mol. The molecule has 0 bridgehead atoms. The highest BCUT2D eigenvalue weighted by Crippen LogP contribution is 2.16. The topological polar surface area (TPSA) is 125 Å². The summed E-state index contributed by atoms with van der Waals surface area (Å²) in [7, 11) is 0. The molecule has 0 saturated heterocycles. The number of allylic oxidation sites excluding steroid dienone is 2. The number of nitrogens with two attached hydrogens (primary N) is 2. The largest absolute Gasteiger partial charge is 0.466 e. The Morgan fingerprint density at radius 1 is 1.30 bits per heavy atom. The zero-order valence-electron chi connectivity index (χ0n) is 19.5. The maximum Gasteiger partial charge on any atom is 0.307 e. The molecule has 0 heterocycles. The second kappa shape index (κ2) is 17.8. The summed E-state index contributed by atoms with van der Waals surface area (Å²) < 4.78 is 5.12. The third-order valence-corrected chi connectivity index (χ3v) is 4.29. The molecule has 5 N–H and O–H groups in total. The Hall–Kier alpha value is -3.79. The number of hydrogen-bond acceptors (Lipinski definition) is 5. The summed E-state index contributed by atoms with van der Waals surface area (Å²) >= 11 is 0. The van der Waals surface area contributed by atoms with Crippen molar-refractivity contribution in [3.8, 4) is 11.8 Å². The van der Waals surface area contributed by atoms with Crippen LogP contribution in [0.3, 0.4) is 0 Å². The number of amides is 2. The summed E-state index contributed by atoms with van der Waals surface area (Å²) in [5.74, 6) is 5.91. The molecule has 2 atom stereocenters. The fourth-order valence-corrected chi connectivity index (χ4v) is 2.64. The van der Waals surface area contributed by atoms with Gasteiger partial charge in [0.1, 0.15) is 0 Å². The van der Waals surface area contributed by atoms with Gasteiger partial charge in [-0.05, 0) is 44.0 Å². The van der Waals surface area contributed by atoms with Crippen molar-refractivity contribution in [1.29, 1.82) is 0 Å². The van der Waals surface area contributed by atoms with Crippen molar-refractivity contribution < 1.29 is 19.1 Å². The molecule has 1 aliphatic rings. The first kappa shape index (κ1) is 29.2. The van der Waals surface area contributed by atoms with Crippen LogP contribution in [0.1, 0.15) is 45.1 Å². The number of rotatable bonds is 7. The van der Waals surface area contributed by atoms with Gasteiger partial charge in [-0.2, -0.15) is 0 Å². The molecule has 0 radical (unpaired) electrons. The highest BCUT2D eigenvalue weighted by Gasteiger charge is 2.16. The van der Waals surface area contributed by atoms with Crippen LogP contribution >= 0.6 is 0 Å². The van der Waals surface area contributed by atoms with E-state index >= 15 is 0 Å². The van der Waals surface area contributed by atoms with Crippen LogP contribution in [0.15, 0.2) is 61.2 Å². The minimum atomic E-state index is -0.285. The van der Waals surface area contributed by atoms with Gasteiger partial charge in [-0.25, -0.2) is 0 Å². The van der Waals surface area contributed by atoms with Gasteiger partial charge < -0.3 is 21.5 Å². The number of ether oxygens (including phenoxy) is 1. The Labute approximate surface area is 196 Å².